The van der Waals surface area contributed by atoms with Gasteiger partial charge in [-0.15, -0.1) is 0 Å². The molecule has 1 heterocycles. The van der Waals surface area contributed by atoms with Crippen molar-refractivity contribution in [2.24, 2.45) is 0 Å². The van der Waals surface area contributed by atoms with Crippen LogP contribution in [0.3, 0.4) is 0 Å². The highest BCUT2D eigenvalue weighted by atomic mass is 15.1. The van der Waals surface area contributed by atoms with Crippen LogP contribution < -0.4 is 5.73 Å². The van der Waals surface area contributed by atoms with E-state index in [1.54, 1.807) is 0 Å². The van der Waals surface area contributed by atoms with E-state index in [4.69, 9.17) is 5.73 Å². The van der Waals surface area contributed by atoms with Crippen LogP contribution in [0, 0.1) is 6.92 Å². The van der Waals surface area contributed by atoms with Crippen LogP contribution in [0.1, 0.15) is 22.3 Å². The SMILES string of the molecule is Cc1cc(CN2CCc3ccccc3C2)ccc1N. The minimum absolute atomic E-state index is 0.882. The molecular formula is C17H20N2. The predicted molar refractivity (Wildman–Crippen MR) is 79.9 cm³/mol. The summed E-state index contributed by atoms with van der Waals surface area (Å²) in [6, 6.07) is 15.1. The lowest BCUT2D eigenvalue weighted by Gasteiger charge is -2.28. The average molecular weight is 252 g/mol. The summed E-state index contributed by atoms with van der Waals surface area (Å²) >= 11 is 0. The average Bonchev–Trinajstić information content (AvgIpc) is 2.43. The van der Waals surface area contributed by atoms with Crippen molar-refractivity contribution in [2.45, 2.75) is 26.4 Å². The number of benzene rings is 2. The Morgan fingerprint density at radius 1 is 1.11 bits per heavy atom. The standard InChI is InChI=1S/C17H20N2/c1-13-10-14(6-7-17(13)18)11-19-9-8-15-4-2-3-5-16(15)12-19/h2-7,10H,8-9,11-12,18H2,1H3. The summed E-state index contributed by atoms with van der Waals surface area (Å²) in [6.07, 6.45) is 1.16. The largest absolute Gasteiger partial charge is 0.399 e. The van der Waals surface area contributed by atoms with Gasteiger partial charge in [0.05, 0.1) is 0 Å². The zero-order chi connectivity index (χ0) is 13.2. The summed E-state index contributed by atoms with van der Waals surface area (Å²) in [5.74, 6) is 0. The Labute approximate surface area is 114 Å². The van der Waals surface area contributed by atoms with Gasteiger partial charge in [-0.05, 0) is 41.7 Å². The van der Waals surface area contributed by atoms with Gasteiger partial charge in [0.25, 0.3) is 0 Å². The van der Waals surface area contributed by atoms with Gasteiger partial charge in [-0.3, -0.25) is 4.90 Å². The fraction of sp³-hybridized carbons (Fsp3) is 0.294. The van der Waals surface area contributed by atoms with Crippen molar-refractivity contribution in [1.29, 1.82) is 0 Å². The summed E-state index contributed by atoms with van der Waals surface area (Å²) < 4.78 is 0. The van der Waals surface area contributed by atoms with E-state index in [0.29, 0.717) is 0 Å². The van der Waals surface area contributed by atoms with Crippen LogP contribution in [-0.2, 0) is 19.5 Å². The van der Waals surface area contributed by atoms with Gasteiger partial charge in [0.2, 0.25) is 0 Å². The van der Waals surface area contributed by atoms with Gasteiger partial charge >= 0.3 is 0 Å². The van der Waals surface area contributed by atoms with Gasteiger partial charge in [0.15, 0.2) is 0 Å². The Kier molecular flexibility index (Phi) is 3.26. The van der Waals surface area contributed by atoms with E-state index in [0.717, 1.165) is 31.7 Å². The van der Waals surface area contributed by atoms with Gasteiger partial charge in [-0.2, -0.15) is 0 Å². The molecule has 2 N–H and O–H groups in total. The Morgan fingerprint density at radius 3 is 2.68 bits per heavy atom. The number of aryl methyl sites for hydroxylation is 1. The molecule has 3 rings (SSSR count). The first-order valence-electron chi connectivity index (χ1n) is 6.86. The monoisotopic (exact) mass is 252 g/mol. The van der Waals surface area contributed by atoms with Gasteiger partial charge in [0.1, 0.15) is 0 Å². The third-order valence-corrected chi connectivity index (χ3v) is 3.95. The Morgan fingerprint density at radius 2 is 1.89 bits per heavy atom. The van der Waals surface area contributed by atoms with Crippen molar-refractivity contribution in [3.63, 3.8) is 0 Å². The van der Waals surface area contributed by atoms with E-state index in [1.807, 2.05) is 6.07 Å². The van der Waals surface area contributed by atoms with Gasteiger partial charge in [-0.1, -0.05) is 36.4 Å². The van der Waals surface area contributed by atoms with Crippen molar-refractivity contribution < 1.29 is 0 Å². The van der Waals surface area contributed by atoms with Crippen molar-refractivity contribution in [3.8, 4) is 0 Å². The minimum atomic E-state index is 0.882. The van der Waals surface area contributed by atoms with Gasteiger partial charge < -0.3 is 5.73 Å². The molecule has 19 heavy (non-hydrogen) atoms. The molecule has 0 fully saturated rings. The lowest BCUT2D eigenvalue weighted by Crippen LogP contribution is -2.29. The van der Waals surface area contributed by atoms with Crippen LogP contribution in [-0.4, -0.2) is 11.4 Å². The zero-order valence-corrected chi connectivity index (χ0v) is 11.4. The highest BCUT2D eigenvalue weighted by Gasteiger charge is 2.15. The molecule has 2 nitrogen and oxygen atoms in total. The van der Waals surface area contributed by atoms with Crippen LogP contribution in [0.5, 0.6) is 0 Å². The van der Waals surface area contributed by atoms with Crippen molar-refractivity contribution in [2.75, 3.05) is 12.3 Å². The van der Waals surface area contributed by atoms with E-state index in [1.165, 1.54) is 22.3 Å². The second kappa shape index (κ2) is 5.06. The van der Waals surface area contributed by atoms with Gasteiger partial charge in [-0.25, -0.2) is 0 Å². The molecule has 2 heteroatoms. The molecule has 0 aromatic heterocycles. The van der Waals surface area contributed by atoms with E-state index in [9.17, 15) is 0 Å². The number of fused-ring (bicyclic) bond motifs is 1. The van der Waals surface area contributed by atoms with Crippen LogP contribution in [0.15, 0.2) is 42.5 Å². The van der Waals surface area contributed by atoms with Crippen LogP contribution >= 0.6 is 0 Å². The maximum absolute atomic E-state index is 5.87. The van der Waals surface area contributed by atoms with Crippen LogP contribution in [0.2, 0.25) is 0 Å². The number of nitrogens with two attached hydrogens (primary N) is 1. The molecule has 0 atom stereocenters. The fourth-order valence-corrected chi connectivity index (χ4v) is 2.78. The smallest absolute Gasteiger partial charge is 0.0343 e. The molecule has 0 bridgehead atoms. The van der Waals surface area contributed by atoms with Gasteiger partial charge in [0, 0.05) is 25.3 Å². The quantitative estimate of drug-likeness (QED) is 0.832. The number of hydrogen-bond acceptors (Lipinski definition) is 2. The molecule has 98 valence electrons. The third kappa shape index (κ3) is 2.64. The summed E-state index contributed by atoms with van der Waals surface area (Å²) in [5, 5.41) is 0. The highest BCUT2D eigenvalue weighted by molar-refractivity contribution is 5.47. The first kappa shape index (κ1) is 12.2. The van der Waals surface area contributed by atoms with E-state index >= 15 is 0 Å². The molecule has 1 aliphatic heterocycles. The molecule has 2 aromatic carbocycles. The molecule has 0 radical (unpaired) electrons. The fourth-order valence-electron chi connectivity index (χ4n) is 2.78. The Bertz CT molecular complexity index is 590. The first-order chi connectivity index (χ1) is 9.22. The molecule has 1 aliphatic rings. The molecule has 0 saturated heterocycles. The molecule has 0 amide bonds. The normalized spacial score (nSPS) is 15.2. The third-order valence-electron chi connectivity index (χ3n) is 3.95. The molecule has 2 aromatic rings. The highest BCUT2D eigenvalue weighted by Crippen LogP contribution is 2.21. The maximum atomic E-state index is 5.87. The van der Waals surface area contributed by atoms with Crippen molar-refractivity contribution in [3.05, 3.63) is 64.7 Å². The second-order valence-electron chi connectivity index (χ2n) is 5.42. The predicted octanol–water partition coefficient (Wildman–Crippen LogP) is 3.14. The molecule has 0 unspecified atom stereocenters. The topological polar surface area (TPSA) is 29.3 Å². The summed E-state index contributed by atoms with van der Waals surface area (Å²) in [6.45, 7) is 5.28. The molecule has 0 aliphatic carbocycles. The van der Waals surface area contributed by atoms with E-state index in [-0.39, 0.29) is 0 Å². The maximum Gasteiger partial charge on any atom is 0.0343 e. The van der Waals surface area contributed by atoms with E-state index in [2.05, 4.69) is 48.2 Å². The summed E-state index contributed by atoms with van der Waals surface area (Å²) in [7, 11) is 0. The van der Waals surface area contributed by atoms with Crippen LogP contribution in [0.25, 0.3) is 0 Å². The van der Waals surface area contributed by atoms with Crippen molar-refractivity contribution in [1.82, 2.24) is 4.90 Å². The molecule has 0 spiro atoms. The lowest BCUT2D eigenvalue weighted by atomic mass is 9.99. The van der Waals surface area contributed by atoms with Crippen molar-refractivity contribution >= 4 is 5.69 Å². The number of rotatable bonds is 2. The molecule has 0 saturated carbocycles. The lowest BCUT2D eigenvalue weighted by molar-refractivity contribution is 0.245. The Hall–Kier alpha value is -1.80. The molecular weight excluding hydrogens is 232 g/mol. The minimum Gasteiger partial charge on any atom is -0.399 e. The first-order valence-corrected chi connectivity index (χ1v) is 6.86. The number of hydrogen-bond donors (Lipinski definition) is 1. The number of nitrogens with zero attached hydrogens (tertiary/aromatic N) is 1. The second-order valence-corrected chi connectivity index (χ2v) is 5.42. The number of nitrogen functional groups attached to an aromatic ring is 1. The van der Waals surface area contributed by atoms with Crippen LogP contribution in [0.4, 0.5) is 5.69 Å². The Balaban J connectivity index is 1.73. The summed E-state index contributed by atoms with van der Waals surface area (Å²) in [5.41, 5.74) is 12.3. The summed E-state index contributed by atoms with van der Waals surface area (Å²) in [4.78, 5) is 2.51. The van der Waals surface area contributed by atoms with E-state index < -0.39 is 0 Å². The zero-order valence-electron chi connectivity index (χ0n) is 11.4. The number of anilines is 1.